The molecule has 0 radical (unpaired) electrons. The van der Waals surface area contributed by atoms with Gasteiger partial charge in [-0.05, 0) is 19.8 Å². The topological polar surface area (TPSA) is 84.2 Å². The fourth-order valence-electron chi connectivity index (χ4n) is 2.10. The summed E-state index contributed by atoms with van der Waals surface area (Å²) in [5.74, 6) is -1.36. The zero-order valence-electron chi connectivity index (χ0n) is 13.1. The molecule has 1 amide bonds. The number of carbonyl (C=O) groups is 2. The van der Waals surface area contributed by atoms with Gasteiger partial charge in [-0.1, -0.05) is 33.1 Å². The zero-order chi connectivity index (χ0) is 15.8. The Bertz CT molecular complexity index is 483. The average Bonchev–Trinajstić information content (AvgIpc) is 2.81. The minimum absolute atomic E-state index is 0.362. The number of carboxylic acid groups (broad SMARTS) is 1. The number of nitrogens with one attached hydrogen (secondary N) is 1. The molecule has 6 nitrogen and oxygen atoms in total. The van der Waals surface area contributed by atoms with Crippen molar-refractivity contribution in [2.75, 3.05) is 0 Å². The lowest BCUT2D eigenvalue weighted by molar-refractivity contribution is -0.139. The molecule has 1 aromatic heterocycles. The highest BCUT2D eigenvalue weighted by atomic mass is 16.4. The molecule has 0 aliphatic rings. The van der Waals surface area contributed by atoms with Crippen molar-refractivity contribution in [1.82, 2.24) is 15.1 Å². The van der Waals surface area contributed by atoms with Gasteiger partial charge in [0.15, 0.2) is 0 Å². The van der Waals surface area contributed by atoms with Crippen LogP contribution in [0.1, 0.15) is 62.0 Å². The van der Waals surface area contributed by atoms with Gasteiger partial charge in [0.25, 0.3) is 5.91 Å². The lowest BCUT2D eigenvalue weighted by Gasteiger charge is -2.14. The van der Waals surface area contributed by atoms with E-state index in [0.29, 0.717) is 12.0 Å². The van der Waals surface area contributed by atoms with E-state index in [-0.39, 0.29) is 5.91 Å². The lowest BCUT2D eigenvalue weighted by Crippen LogP contribution is -2.40. The second-order valence-electron chi connectivity index (χ2n) is 5.23. The predicted octanol–water partition coefficient (Wildman–Crippen LogP) is 2.36. The van der Waals surface area contributed by atoms with E-state index in [0.717, 1.165) is 37.9 Å². The van der Waals surface area contributed by atoms with Crippen molar-refractivity contribution < 1.29 is 14.7 Å². The molecule has 0 aliphatic carbocycles. The first kappa shape index (κ1) is 17.2. The van der Waals surface area contributed by atoms with Crippen LogP contribution in [0.2, 0.25) is 0 Å². The molecule has 0 fully saturated rings. The lowest BCUT2D eigenvalue weighted by atomic mass is 10.1. The number of carbonyl (C=O) groups excluding carboxylic acids is 1. The second-order valence-corrected chi connectivity index (χ2v) is 5.23. The molecule has 6 heteroatoms. The van der Waals surface area contributed by atoms with Crippen LogP contribution < -0.4 is 5.32 Å². The van der Waals surface area contributed by atoms with Crippen molar-refractivity contribution in [2.24, 2.45) is 0 Å². The summed E-state index contributed by atoms with van der Waals surface area (Å²) in [6.45, 7) is 6.69. The molecule has 1 rings (SSSR count). The monoisotopic (exact) mass is 295 g/mol. The molecule has 0 bridgehead atoms. The number of rotatable bonds is 9. The van der Waals surface area contributed by atoms with Gasteiger partial charge < -0.3 is 10.4 Å². The maximum Gasteiger partial charge on any atom is 0.326 e. The third kappa shape index (κ3) is 4.88. The van der Waals surface area contributed by atoms with Crippen LogP contribution in [0.25, 0.3) is 0 Å². The van der Waals surface area contributed by atoms with Crippen LogP contribution in [0.3, 0.4) is 0 Å². The van der Waals surface area contributed by atoms with Crippen molar-refractivity contribution in [2.45, 2.75) is 65.5 Å². The third-order valence-corrected chi connectivity index (χ3v) is 3.52. The summed E-state index contributed by atoms with van der Waals surface area (Å²) in [4.78, 5) is 23.4. The van der Waals surface area contributed by atoms with E-state index in [4.69, 9.17) is 5.11 Å². The summed E-state index contributed by atoms with van der Waals surface area (Å²) >= 11 is 0. The third-order valence-electron chi connectivity index (χ3n) is 3.52. The standard InChI is InChI=1S/C15H25N3O3/c1-4-6-8-13(15(20)21)17-14(19)12-10-16-18(11(12)3)9-7-5-2/h10,13H,4-9H2,1-3H3,(H,17,19)(H,20,21)/t13-/m0/s1. The number of carboxylic acids is 1. The van der Waals surface area contributed by atoms with Crippen LogP contribution in [0, 0.1) is 6.92 Å². The predicted molar refractivity (Wildman–Crippen MR) is 80.3 cm³/mol. The fourth-order valence-corrected chi connectivity index (χ4v) is 2.10. The first-order valence-corrected chi connectivity index (χ1v) is 7.57. The number of nitrogens with zero attached hydrogens (tertiary/aromatic N) is 2. The Morgan fingerprint density at radius 1 is 1.33 bits per heavy atom. The first-order valence-electron chi connectivity index (χ1n) is 7.57. The Labute approximate surface area is 125 Å². The largest absolute Gasteiger partial charge is 0.480 e. The van der Waals surface area contributed by atoms with Crippen molar-refractivity contribution in [3.8, 4) is 0 Å². The maximum atomic E-state index is 12.2. The van der Waals surface area contributed by atoms with E-state index in [9.17, 15) is 9.59 Å². The van der Waals surface area contributed by atoms with Gasteiger partial charge >= 0.3 is 5.97 Å². The number of aliphatic carboxylic acids is 1. The Morgan fingerprint density at radius 2 is 2.00 bits per heavy atom. The van der Waals surface area contributed by atoms with Crippen LogP contribution in [0.5, 0.6) is 0 Å². The Kier molecular flexibility index (Phi) is 6.91. The summed E-state index contributed by atoms with van der Waals surface area (Å²) in [7, 11) is 0. The second kappa shape index (κ2) is 8.44. The molecule has 118 valence electrons. The number of amides is 1. The SMILES string of the molecule is CCCC[C@H](NC(=O)c1cnn(CCCC)c1C)C(=O)O. The molecule has 0 aromatic carbocycles. The van der Waals surface area contributed by atoms with Gasteiger partial charge in [-0.3, -0.25) is 9.48 Å². The Balaban J connectivity index is 2.73. The highest BCUT2D eigenvalue weighted by molar-refractivity contribution is 5.97. The number of unbranched alkanes of at least 4 members (excludes halogenated alkanes) is 2. The first-order chi connectivity index (χ1) is 10.0. The smallest absolute Gasteiger partial charge is 0.326 e. The van der Waals surface area contributed by atoms with Gasteiger partial charge in [0, 0.05) is 12.2 Å². The minimum atomic E-state index is -0.993. The van der Waals surface area contributed by atoms with Gasteiger partial charge in [-0.25, -0.2) is 4.79 Å². The van der Waals surface area contributed by atoms with Crippen molar-refractivity contribution in [3.05, 3.63) is 17.5 Å². The average molecular weight is 295 g/mol. The van der Waals surface area contributed by atoms with Crippen LogP contribution in [-0.2, 0) is 11.3 Å². The molecular formula is C15H25N3O3. The quantitative estimate of drug-likeness (QED) is 0.732. The summed E-state index contributed by atoms with van der Waals surface area (Å²) in [5, 5.41) is 15.9. The van der Waals surface area contributed by atoms with E-state index in [1.54, 1.807) is 4.68 Å². The summed E-state index contributed by atoms with van der Waals surface area (Å²) in [6.07, 6.45) is 5.68. The minimum Gasteiger partial charge on any atom is -0.480 e. The van der Waals surface area contributed by atoms with E-state index < -0.39 is 12.0 Å². The highest BCUT2D eigenvalue weighted by Gasteiger charge is 2.22. The molecule has 2 N–H and O–H groups in total. The fraction of sp³-hybridized carbons (Fsp3) is 0.667. The van der Waals surface area contributed by atoms with E-state index in [1.807, 2.05) is 13.8 Å². The van der Waals surface area contributed by atoms with Crippen molar-refractivity contribution in [1.29, 1.82) is 0 Å². The Morgan fingerprint density at radius 3 is 2.57 bits per heavy atom. The molecule has 1 aromatic rings. The number of hydrogen-bond acceptors (Lipinski definition) is 3. The normalized spacial score (nSPS) is 12.1. The molecule has 0 spiro atoms. The molecule has 1 atom stereocenters. The van der Waals surface area contributed by atoms with Gasteiger partial charge in [0.1, 0.15) is 6.04 Å². The van der Waals surface area contributed by atoms with Gasteiger partial charge in [-0.15, -0.1) is 0 Å². The number of hydrogen-bond donors (Lipinski definition) is 2. The number of aryl methyl sites for hydroxylation is 1. The number of aromatic nitrogens is 2. The van der Waals surface area contributed by atoms with Crippen molar-refractivity contribution >= 4 is 11.9 Å². The van der Waals surface area contributed by atoms with Crippen molar-refractivity contribution in [3.63, 3.8) is 0 Å². The van der Waals surface area contributed by atoms with Gasteiger partial charge in [0.05, 0.1) is 11.8 Å². The summed E-state index contributed by atoms with van der Waals surface area (Å²) < 4.78 is 1.79. The molecular weight excluding hydrogens is 270 g/mol. The van der Waals surface area contributed by atoms with Gasteiger partial charge in [0.2, 0.25) is 0 Å². The molecule has 0 unspecified atom stereocenters. The van der Waals surface area contributed by atoms with E-state index in [2.05, 4.69) is 17.3 Å². The zero-order valence-corrected chi connectivity index (χ0v) is 13.1. The van der Waals surface area contributed by atoms with Crippen LogP contribution >= 0.6 is 0 Å². The van der Waals surface area contributed by atoms with Crippen LogP contribution in [0.15, 0.2) is 6.20 Å². The molecule has 1 heterocycles. The highest BCUT2D eigenvalue weighted by Crippen LogP contribution is 2.10. The molecule has 0 aliphatic heterocycles. The van der Waals surface area contributed by atoms with Crippen LogP contribution in [-0.4, -0.2) is 32.8 Å². The summed E-state index contributed by atoms with van der Waals surface area (Å²) in [5.41, 5.74) is 1.23. The molecule has 0 saturated carbocycles. The molecule has 0 saturated heterocycles. The maximum absolute atomic E-state index is 12.2. The van der Waals surface area contributed by atoms with E-state index >= 15 is 0 Å². The van der Waals surface area contributed by atoms with Gasteiger partial charge in [-0.2, -0.15) is 5.10 Å². The molecule has 21 heavy (non-hydrogen) atoms. The van der Waals surface area contributed by atoms with Crippen LogP contribution in [0.4, 0.5) is 0 Å². The Hall–Kier alpha value is -1.85. The van der Waals surface area contributed by atoms with E-state index in [1.165, 1.54) is 6.20 Å². The summed E-state index contributed by atoms with van der Waals surface area (Å²) in [6, 6.07) is -0.837.